The molecular formula is C14H22ClNS. The third-order valence-corrected chi connectivity index (χ3v) is 4.05. The zero-order valence-electron chi connectivity index (χ0n) is 10.9. The topological polar surface area (TPSA) is 12.0 Å². The molecule has 0 amide bonds. The van der Waals surface area contributed by atoms with Crippen molar-refractivity contribution in [2.45, 2.75) is 32.6 Å². The molecule has 0 saturated carbocycles. The van der Waals surface area contributed by atoms with Crippen molar-refractivity contribution in [3.63, 3.8) is 0 Å². The molecular weight excluding hydrogens is 250 g/mol. The number of halogens is 1. The Labute approximate surface area is 114 Å². The Bertz CT molecular complexity index is 311. The van der Waals surface area contributed by atoms with Crippen LogP contribution in [0.3, 0.4) is 0 Å². The normalized spacial score (nSPS) is 13.0. The quantitative estimate of drug-likeness (QED) is 0.797. The van der Waals surface area contributed by atoms with Gasteiger partial charge in [0.15, 0.2) is 0 Å². The van der Waals surface area contributed by atoms with Crippen molar-refractivity contribution < 1.29 is 0 Å². The van der Waals surface area contributed by atoms with E-state index in [-0.39, 0.29) is 0 Å². The van der Waals surface area contributed by atoms with Gasteiger partial charge in [-0.1, -0.05) is 44.5 Å². The van der Waals surface area contributed by atoms with E-state index in [1.807, 2.05) is 23.9 Å². The largest absolute Gasteiger partial charge is 0.314 e. The second-order valence-corrected chi connectivity index (χ2v) is 6.28. The fourth-order valence-corrected chi connectivity index (χ4v) is 2.65. The number of hydrogen-bond donors (Lipinski definition) is 1. The molecule has 3 heteroatoms. The molecule has 0 spiro atoms. The number of rotatable bonds is 7. The van der Waals surface area contributed by atoms with Crippen molar-refractivity contribution in [2.75, 3.05) is 12.3 Å². The van der Waals surface area contributed by atoms with Gasteiger partial charge in [0.05, 0.1) is 0 Å². The van der Waals surface area contributed by atoms with Crippen LogP contribution in [0, 0.1) is 5.92 Å². The van der Waals surface area contributed by atoms with E-state index in [9.17, 15) is 0 Å². The molecule has 0 heterocycles. The zero-order chi connectivity index (χ0) is 12.7. The van der Waals surface area contributed by atoms with Crippen molar-refractivity contribution in [3.05, 3.63) is 34.9 Å². The van der Waals surface area contributed by atoms with Crippen molar-refractivity contribution in [3.8, 4) is 0 Å². The molecule has 0 aliphatic heterocycles. The Hall–Kier alpha value is -0.180. The lowest BCUT2D eigenvalue weighted by atomic mass is 10.2. The number of hydrogen-bond acceptors (Lipinski definition) is 2. The molecule has 0 aliphatic rings. The Morgan fingerprint density at radius 1 is 1.18 bits per heavy atom. The fraction of sp³-hybridized carbons (Fsp3) is 0.571. The minimum absolute atomic E-state index is 0.582. The SMILES string of the molecule is CC(CNC(C)C)CSCc1ccc(Cl)cc1. The highest BCUT2D eigenvalue weighted by atomic mass is 35.5. The van der Waals surface area contributed by atoms with E-state index in [1.165, 1.54) is 11.3 Å². The maximum absolute atomic E-state index is 5.85. The lowest BCUT2D eigenvalue weighted by molar-refractivity contribution is 0.510. The molecule has 0 fully saturated rings. The van der Waals surface area contributed by atoms with Gasteiger partial charge in [0.2, 0.25) is 0 Å². The van der Waals surface area contributed by atoms with E-state index in [0.717, 1.165) is 23.2 Å². The summed E-state index contributed by atoms with van der Waals surface area (Å²) < 4.78 is 0. The van der Waals surface area contributed by atoms with Crippen LogP contribution in [0.4, 0.5) is 0 Å². The molecule has 17 heavy (non-hydrogen) atoms. The van der Waals surface area contributed by atoms with Crippen molar-refractivity contribution in [1.29, 1.82) is 0 Å². The van der Waals surface area contributed by atoms with Crippen LogP contribution in [-0.2, 0) is 5.75 Å². The Morgan fingerprint density at radius 3 is 2.41 bits per heavy atom. The highest BCUT2D eigenvalue weighted by Gasteiger charge is 2.03. The maximum Gasteiger partial charge on any atom is 0.0406 e. The lowest BCUT2D eigenvalue weighted by Gasteiger charge is -2.14. The molecule has 1 N–H and O–H groups in total. The molecule has 1 aromatic carbocycles. The lowest BCUT2D eigenvalue weighted by Crippen LogP contribution is -2.28. The average molecular weight is 272 g/mol. The molecule has 96 valence electrons. The summed E-state index contributed by atoms with van der Waals surface area (Å²) in [6.45, 7) is 7.77. The van der Waals surface area contributed by atoms with Gasteiger partial charge in [-0.3, -0.25) is 0 Å². The molecule has 1 unspecified atom stereocenters. The van der Waals surface area contributed by atoms with Crippen LogP contribution in [0.1, 0.15) is 26.3 Å². The predicted molar refractivity (Wildman–Crippen MR) is 79.9 cm³/mol. The third kappa shape index (κ3) is 6.97. The van der Waals surface area contributed by atoms with Gasteiger partial charge >= 0.3 is 0 Å². The van der Waals surface area contributed by atoms with Crippen LogP contribution in [0.15, 0.2) is 24.3 Å². The van der Waals surface area contributed by atoms with Gasteiger partial charge in [0, 0.05) is 16.8 Å². The van der Waals surface area contributed by atoms with E-state index in [2.05, 4.69) is 38.2 Å². The van der Waals surface area contributed by atoms with Gasteiger partial charge in [-0.15, -0.1) is 0 Å². The van der Waals surface area contributed by atoms with Gasteiger partial charge < -0.3 is 5.32 Å². The van der Waals surface area contributed by atoms with Gasteiger partial charge in [-0.2, -0.15) is 11.8 Å². The van der Waals surface area contributed by atoms with Gasteiger partial charge in [-0.25, -0.2) is 0 Å². The second kappa shape index (κ2) is 8.02. The average Bonchev–Trinajstić information content (AvgIpc) is 2.29. The van der Waals surface area contributed by atoms with Crippen LogP contribution < -0.4 is 5.32 Å². The summed E-state index contributed by atoms with van der Waals surface area (Å²) in [6, 6.07) is 8.71. The third-order valence-electron chi connectivity index (χ3n) is 2.46. The molecule has 1 rings (SSSR count). The highest BCUT2D eigenvalue weighted by molar-refractivity contribution is 7.98. The van der Waals surface area contributed by atoms with Crippen LogP contribution >= 0.6 is 23.4 Å². The van der Waals surface area contributed by atoms with Crippen LogP contribution in [0.25, 0.3) is 0 Å². The van der Waals surface area contributed by atoms with Crippen LogP contribution in [0.5, 0.6) is 0 Å². The van der Waals surface area contributed by atoms with Crippen LogP contribution in [0.2, 0.25) is 5.02 Å². The number of benzene rings is 1. The fourth-order valence-electron chi connectivity index (χ4n) is 1.45. The van der Waals surface area contributed by atoms with E-state index in [1.54, 1.807) is 0 Å². The van der Waals surface area contributed by atoms with Crippen LogP contribution in [-0.4, -0.2) is 18.3 Å². The van der Waals surface area contributed by atoms with E-state index in [4.69, 9.17) is 11.6 Å². The number of nitrogens with one attached hydrogen (secondary N) is 1. The summed E-state index contributed by atoms with van der Waals surface area (Å²) in [5, 5.41) is 4.28. The molecule has 0 bridgehead atoms. The molecule has 1 atom stereocenters. The summed E-state index contributed by atoms with van der Waals surface area (Å²) >= 11 is 7.84. The Balaban J connectivity index is 2.16. The monoisotopic (exact) mass is 271 g/mol. The number of thioether (sulfide) groups is 1. The minimum Gasteiger partial charge on any atom is -0.314 e. The first kappa shape index (κ1) is 14.9. The second-order valence-electron chi connectivity index (χ2n) is 4.81. The van der Waals surface area contributed by atoms with Gasteiger partial charge in [0.1, 0.15) is 0 Å². The Kier molecular flexibility index (Phi) is 7.02. The Morgan fingerprint density at radius 2 is 1.82 bits per heavy atom. The molecule has 1 aromatic rings. The van der Waals surface area contributed by atoms with Crippen molar-refractivity contribution in [1.82, 2.24) is 5.32 Å². The predicted octanol–water partition coefficient (Wildman–Crippen LogP) is 4.21. The summed E-state index contributed by atoms with van der Waals surface area (Å²) in [7, 11) is 0. The highest BCUT2D eigenvalue weighted by Crippen LogP contribution is 2.17. The van der Waals surface area contributed by atoms with E-state index in [0.29, 0.717) is 6.04 Å². The summed E-state index contributed by atoms with van der Waals surface area (Å²) in [5.74, 6) is 2.99. The first-order valence-corrected chi connectivity index (χ1v) is 7.66. The summed E-state index contributed by atoms with van der Waals surface area (Å²) in [5.41, 5.74) is 1.35. The molecule has 1 nitrogen and oxygen atoms in total. The minimum atomic E-state index is 0.582. The van der Waals surface area contributed by atoms with Gasteiger partial charge in [0.25, 0.3) is 0 Å². The molecule has 0 saturated heterocycles. The standard InChI is InChI=1S/C14H22ClNS/c1-11(2)16-8-12(3)9-17-10-13-4-6-14(15)7-5-13/h4-7,11-12,16H,8-10H2,1-3H3. The zero-order valence-corrected chi connectivity index (χ0v) is 12.4. The summed E-state index contributed by atoms with van der Waals surface area (Å²) in [4.78, 5) is 0. The summed E-state index contributed by atoms with van der Waals surface area (Å²) in [6.07, 6.45) is 0. The first-order valence-electron chi connectivity index (χ1n) is 6.13. The van der Waals surface area contributed by atoms with E-state index >= 15 is 0 Å². The van der Waals surface area contributed by atoms with E-state index < -0.39 is 0 Å². The van der Waals surface area contributed by atoms with Crippen molar-refractivity contribution in [2.24, 2.45) is 5.92 Å². The van der Waals surface area contributed by atoms with Gasteiger partial charge in [-0.05, 0) is 35.9 Å². The smallest absolute Gasteiger partial charge is 0.0406 e. The molecule has 0 aromatic heterocycles. The first-order chi connectivity index (χ1) is 8.08. The maximum atomic E-state index is 5.85. The molecule has 0 radical (unpaired) electrons. The van der Waals surface area contributed by atoms with Crippen molar-refractivity contribution >= 4 is 23.4 Å². The molecule has 0 aliphatic carbocycles.